The Kier molecular flexibility index (Phi) is 3.83. The summed E-state index contributed by atoms with van der Waals surface area (Å²) in [6.45, 7) is 0. The van der Waals surface area contributed by atoms with E-state index in [9.17, 15) is 0 Å². The Morgan fingerprint density at radius 3 is 1.37 bits per heavy atom. The molecule has 0 radical (unpaired) electrons. The monoisotopic (exact) mass is 266 g/mol. The van der Waals surface area contributed by atoms with E-state index in [1.807, 2.05) is 0 Å². The lowest BCUT2D eigenvalue weighted by atomic mass is 10.2. The highest BCUT2D eigenvalue weighted by Crippen LogP contribution is 2.27. The summed E-state index contributed by atoms with van der Waals surface area (Å²) in [5, 5.41) is 3.28. The summed E-state index contributed by atoms with van der Waals surface area (Å²) >= 11 is 0. The summed E-state index contributed by atoms with van der Waals surface area (Å²) in [5.41, 5.74) is 0. The van der Waals surface area contributed by atoms with Crippen LogP contribution in [-0.4, -0.2) is 8.07 Å². The molecule has 98 valence electrons. The molecule has 0 saturated carbocycles. The molecule has 1 aliphatic rings. The van der Waals surface area contributed by atoms with Crippen LogP contribution in [0.5, 0.6) is 0 Å². The van der Waals surface area contributed by atoms with Gasteiger partial charge in [0.1, 0.15) is 8.07 Å². The molecule has 1 saturated heterocycles. The predicted octanol–water partition coefficient (Wildman–Crippen LogP) is 3.82. The van der Waals surface area contributed by atoms with Crippen LogP contribution in [0.4, 0.5) is 0 Å². The second-order valence-corrected chi connectivity index (χ2v) is 10.0. The summed E-state index contributed by atoms with van der Waals surface area (Å²) in [5.74, 6) is 0. The molecule has 0 nitrogen and oxygen atoms in total. The number of hydrogen-bond donors (Lipinski definition) is 0. The summed E-state index contributed by atoms with van der Waals surface area (Å²) in [6.07, 6.45) is 5.68. The fraction of sp³-hybridized carbons (Fsp3) is 0.333. The van der Waals surface area contributed by atoms with Crippen molar-refractivity contribution in [2.45, 2.75) is 37.8 Å². The van der Waals surface area contributed by atoms with Gasteiger partial charge in [-0.05, 0) is 12.1 Å². The minimum absolute atomic E-state index is 1.41. The molecule has 3 rings (SSSR count). The fourth-order valence-corrected chi connectivity index (χ4v) is 8.70. The minimum atomic E-state index is -1.49. The third kappa shape index (κ3) is 2.52. The van der Waals surface area contributed by atoms with Crippen molar-refractivity contribution in [2.24, 2.45) is 0 Å². The zero-order valence-corrected chi connectivity index (χ0v) is 12.5. The summed E-state index contributed by atoms with van der Waals surface area (Å²) in [6, 6.07) is 25.6. The SMILES string of the molecule is c1ccc([Si]2(c3ccccc3)CCCCCC2)cc1. The van der Waals surface area contributed by atoms with E-state index in [1.54, 1.807) is 10.4 Å². The molecule has 1 heteroatoms. The first-order valence-electron chi connectivity index (χ1n) is 7.53. The summed E-state index contributed by atoms with van der Waals surface area (Å²) in [7, 11) is -1.49. The van der Waals surface area contributed by atoms with Gasteiger partial charge in [0, 0.05) is 0 Å². The van der Waals surface area contributed by atoms with Crippen molar-refractivity contribution in [1.82, 2.24) is 0 Å². The van der Waals surface area contributed by atoms with Crippen LogP contribution >= 0.6 is 0 Å². The van der Waals surface area contributed by atoms with E-state index >= 15 is 0 Å². The van der Waals surface area contributed by atoms with Crippen molar-refractivity contribution in [3.8, 4) is 0 Å². The Labute approximate surface area is 117 Å². The first kappa shape index (κ1) is 12.7. The molecule has 1 aliphatic heterocycles. The molecule has 0 aliphatic carbocycles. The van der Waals surface area contributed by atoms with Crippen molar-refractivity contribution in [3.05, 3.63) is 60.7 Å². The van der Waals surface area contributed by atoms with Crippen molar-refractivity contribution >= 4 is 18.4 Å². The number of rotatable bonds is 2. The van der Waals surface area contributed by atoms with Gasteiger partial charge in [-0.3, -0.25) is 0 Å². The highest BCUT2D eigenvalue weighted by Gasteiger charge is 2.36. The van der Waals surface area contributed by atoms with Gasteiger partial charge in [0.05, 0.1) is 0 Å². The topological polar surface area (TPSA) is 0 Å². The quantitative estimate of drug-likeness (QED) is 0.725. The highest BCUT2D eigenvalue weighted by atomic mass is 28.3. The molecule has 19 heavy (non-hydrogen) atoms. The van der Waals surface area contributed by atoms with E-state index < -0.39 is 8.07 Å². The lowest BCUT2D eigenvalue weighted by Gasteiger charge is -2.32. The van der Waals surface area contributed by atoms with Crippen LogP contribution in [0.25, 0.3) is 0 Å². The fourth-order valence-electron chi connectivity index (χ4n) is 3.59. The first-order valence-corrected chi connectivity index (χ1v) is 9.94. The van der Waals surface area contributed by atoms with E-state index in [2.05, 4.69) is 60.7 Å². The van der Waals surface area contributed by atoms with Crippen molar-refractivity contribution < 1.29 is 0 Å². The maximum absolute atomic E-state index is 2.38. The molecule has 0 atom stereocenters. The Balaban J connectivity index is 2.09. The molecule has 1 fully saturated rings. The second-order valence-electron chi connectivity index (χ2n) is 5.73. The van der Waals surface area contributed by atoms with E-state index in [-0.39, 0.29) is 0 Å². The predicted molar refractivity (Wildman–Crippen MR) is 86.0 cm³/mol. The lowest BCUT2D eigenvalue weighted by Crippen LogP contribution is -2.57. The van der Waals surface area contributed by atoms with Gasteiger partial charge in [-0.15, -0.1) is 0 Å². The molecule has 2 aromatic carbocycles. The molecule has 0 aromatic heterocycles. The second kappa shape index (κ2) is 5.75. The van der Waals surface area contributed by atoms with Crippen molar-refractivity contribution in [2.75, 3.05) is 0 Å². The molecule has 0 unspecified atom stereocenters. The van der Waals surface area contributed by atoms with Crippen LogP contribution < -0.4 is 10.4 Å². The number of hydrogen-bond acceptors (Lipinski definition) is 0. The third-order valence-electron chi connectivity index (χ3n) is 4.61. The Morgan fingerprint density at radius 2 is 0.947 bits per heavy atom. The maximum Gasteiger partial charge on any atom is 0.118 e. The van der Waals surface area contributed by atoms with Gasteiger partial charge in [-0.1, -0.05) is 96.7 Å². The van der Waals surface area contributed by atoms with Gasteiger partial charge in [0.25, 0.3) is 0 Å². The molecule has 1 heterocycles. The Bertz CT molecular complexity index is 454. The Hall–Kier alpha value is -1.34. The van der Waals surface area contributed by atoms with E-state index in [0.717, 1.165) is 0 Å². The van der Waals surface area contributed by atoms with Crippen LogP contribution in [0.2, 0.25) is 12.1 Å². The molecule has 0 spiro atoms. The normalized spacial score (nSPS) is 18.7. The third-order valence-corrected chi connectivity index (χ3v) is 9.90. The highest BCUT2D eigenvalue weighted by molar-refractivity contribution is 7.02. The molecule has 2 aromatic rings. The zero-order valence-electron chi connectivity index (χ0n) is 11.5. The largest absolute Gasteiger partial charge is 0.118 e. The average molecular weight is 266 g/mol. The van der Waals surface area contributed by atoms with Gasteiger partial charge in [-0.2, -0.15) is 0 Å². The van der Waals surface area contributed by atoms with Gasteiger partial charge in [0.2, 0.25) is 0 Å². The lowest BCUT2D eigenvalue weighted by molar-refractivity contribution is 0.720. The van der Waals surface area contributed by atoms with Crippen LogP contribution in [0, 0.1) is 0 Å². The van der Waals surface area contributed by atoms with Crippen LogP contribution in [0.15, 0.2) is 60.7 Å². The minimum Gasteiger partial charge on any atom is -0.0626 e. The summed E-state index contributed by atoms with van der Waals surface area (Å²) < 4.78 is 0. The molecule has 0 N–H and O–H groups in total. The molecular weight excluding hydrogens is 244 g/mol. The van der Waals surface area contributed by atoms with Crippen LogP contribution in [0.1, 0.15) is 25.7 Å². The van der Waals surface area contributed by atoms with Gasteiger partial charge >= 0.3 is 0 Å². The standard InChI is InChI=1S/C18H22Si/c1-2-10-16-19(15-9-1,17-11-5-3-6-12-17)18-13-7-4-8-14-18/h3-8,11-14H,1-2,9-10,15-16H2. The van der Waals surface area contributed by atoms with Crippen molar-refractivity contribution in [1.29, 1.82) is 0 Å². The van der Waals surface area contributed by atoms with Gasteiger partial charge < -0.3 is 0 Å². The van der Waals surface area contributed by atoms with E-state index in [1.165, 1.54) is 37.8 Å². The van der Waals surface area contributed by atoms with E-state index in [0.29, 0.717) is 0 Å². The Morgan fingerprint density at radius 1 is 0.526 bits per heavy atom. The molecule has 0 amide bonds. The first-order chi connectivity index (χ1) is 9.42. The number of benzene rings is 2. The molecular formula is C18H22Si. The zero-order chi connectivity index (χ0) is 13.0. The average Bonchev–Trinajstić information content (AvgIpc) is 2.76. The molecule has 0 bridgehead atoms. The van der Waals surface area contributed by atoms with Crippen molar-refractivity contribution in [3.63, 3.8) is 0 Å². The van der Waals surface area contributed by atoms with E-state index in [4.69, 9.17) is 0 Å². The van der Waals surface area contributed by atoms with Crippen LogP contribution in [-0.2, 0) is 0 Å². The van der Waals surface area contributed by atoms with Gasteiger partial charge in [-0.25, -0.2) is 0 Å². The van der Waals surface area contributed by atoms with Gasteiger partial charge in [0.15, 0.2) is 0 Å². The van der Waals surface area contributed by atoms with Crippen LogP contribution in [0.3, 0.4) is 0 Å². The summed E-state index contributed by atoms with van der Waals surface area (Å²) in [4.78, 5) is 0. The maximum atomic E-state index is 2.38. The smallest absolute Gasteiger partial charge is 0.0626 e.